The standard InChI is InChI=1S/C4H4N2OS4/c7-4-5-2(9)1(8)3(10)6(4)11/h8,10-11H,(H,5,7,9). The minimum absolute atomic E-state index is 0.258. The highest BCUT2D eigenvalue weighted by atomic mass is 32.1. The summed E-state index contributed by atoms with van der Waals surface area (Å²) in [5.74, 6) is 0. The van der Waals surface area contributed by atoms with Crippen molar-refractivity contribution in [1.82, 2.24) is 8.96 Å². The van der Waals surface area contributed by atoms with Crippen LogP contribution in [0.15, 0.2) is 19.7 Å². The Balaban J connectivity index is 3.59. The average molecular weight is 224 g/mol. The summed E-state index contributed by atoms with van der Waals surface area (Å²) in [4.78, 5) is 14.8. The Hall–Kier alpha value is 0.280. The van der Waals surface area contributed by atoms with E-state index in [9.17, 15) is 4.79 Å². The molecule has 1 aromatic heterocycles. The normalized spacial score (nSPS) is 10.2. The minimum atomic E-state index is -0.513. The second kappa shape index (κ2) is 3.34. The highest BCUT2D eigenvalue weighted by molar-refractivity contribution is 7.85. The van der Waals surface area contributed by atoms with Gasteiger partial charge in [0, 0.05) is 0 Å². The van der Waals surface area contributed by atoms with Crippen molar-refractivity contribution in [1.29, 1.82) is 0 Å². The van der Waals surface area contributed by atoms with Crippen molar-refractivity contribution in [2.45, 2.75) is 14.9 Å². The summed E-state index contributed by atoms with van der Waals surface area (Å²) in [5.41, 5.74) is -0.513. The molecule has 0 atom stereocenters. The van der Waals surface area contributed by atoms with Crippen LogP contribution in [0.2, 0.25) is 0 Å². The van der Waals surface area contributed by atoms with Crippen molar-refractivity contribution in [2.75, 3.05) is 0 Å². The summed E-state index contributed by atoms with van der Waals surface area (Å²) in [6.45, 7) is 0. The second-order valence-electron chi connectivity index (χ2n) is 1.70. The third-order valence-corrected chi connectivity index (χ3v) is 3.06. The van der Waals surface area contributed by atoms with Gasteiger partial charge in [-0.3, -0.25) is 0 Å². The number of hydrogen-bond donors (Lipinski definition) is 4. The van der Waals surface area contributed by atoms with Crippen LogP contribution in [0.3, 0.4) is 0 Å². The highest BCUT2D eigenvalue weighted by Crippen LogP contribution is 2.21. The van der Waals surface area contributed by atoms with Gasteiger partial charge >= 0.3 is 5.69 Å². The molecule has 0 unspecified atom stereocenters. The van der Waals surface area contributed by atoms with E-state index in [0.29, 0.717) is 9.92 Å². The van der Waals surface area contributed by atoms with E-state index in [2.05, 4.69) is 55.7 Å². The summed E-state index contributed by atoms with van der Waals surface area (Å²) in [7, 11) is 0. The minimum Gasteiger partial charge on any atom is -0.245 e. The third kappa shape index (κ3) is 1.71. The molecule has 0 spiro atoms. The number of rotatable bonds is 0. The lowest BCUT2D eigenvalue weighted by Crippen LogP contribution is -2.18. The smallest absolute Gasteiger partial charge is 0.245 e. The van der Waals surface area contributed by atoms with Crippen molar-refractivity contribution < 1.29 is 0 Å². The van der Waals surface area contributed by atoms with Crippen LogP contribution in [-0.4, -0.2) is 8.96 Å². The molecule has 3 nitrogen and oxygen atoms in total. The van der Waals surface area contributed by atoms with Gasteiger partial charge in [-0.15, -0.1) is 37.9 Å². The summed E-state index contributed by atoms with van der Waals surface area (Å²) < 4.78 is 0.991. The van der Waals surface area contributed by atoms with E-state index in [1.165, 1.54) is 0 Å². The lowest BCUT2D eigenvalue weighted by Gasteiger charge is -2.03. The summed E-state index contributed by atoms with van der Waals surface area (Å²) in [6, 6.07) is 0. The SMILES string of the molecule is O=c1nc(S)c(S)c(S)n1S. The Morgan fingerprint density at radius 3 is 2.36 bits per heavy atom. The average Bonchev–Trinajstić information content (AvgIpc) is 1.97. The topological polar surface area (TPSA) is 34.9 Å². The van der Waals surface area contributed by atoms with Crippen molar-refractivity contribution in [2.24, 2.45) is 0 Å². The number of aromatic nitrogens is 2. The molecule has 0 amide bonds. The molecular formula is C4H4N2OS4. The molecule has 0 bridgehead atoms. The van der Waals surface area contributed by atoms with Crippen molar-refractivity contribution in [3.63, 3.8) is 0 Å². The Kier molecular flexibility index (Phi) is 2.84. The molecule has 7 heteroatoms. The van der Waals surface area contributed by atoms with E-state index < -0.39 is 5.69 Å². The fourth-order valence-corrected chi connectivity index (χ4v) is 1.33. The highest BCUT2D eigenvalue weighted by Gasteiger charge is 2.06. The second-order valence-corrected chi connectivity index (χ2v) is 3.40. The van der Waals surface area contributed by atoms with Gasteiger partial charge in [0.1, 0.15) is 10.1 Å². The van der Waals surface area contributed by atoms with Crippen LogP contribution in [0, 0.1) is 0 Å². The van der Waals surface area contributed by atoms with Crippen LogP contribution in [0.1, 0.15) is 0 Å². The zero-order valence-electron chi connectivity index (χ0n) is 5.09. The van der Waals surface area contributed by atoms with Gasteiger partial charge in [0.2, 0.25) is 0 Å². The van der Waals surface area contributed by atoms with Gasteiger partial charge in [0.05, 0.1) is 4.90 Å². The van der Waals surface area contributed by atoms with Crippen molar-refractivity contribution in [3.8, 4) is 0 Å². The quantitative estimate of drug-likeness (QED) is 0.388. The molecule has 60 valence electrons. The summed E-state index contributed by atoms with van der Waals surface area (Å²) in [5, 5.41) is 0.593. The number of nitrogens with zero attached hydrogens (tertiary/aromatic N) is 2. The number of hydrogen-bond acceptors (Lipinski definition) is 6. The molecule has 0 saturated carbocycles. The third-order valence-electron chi connectivity index (χ3n) is 1.01. The fraction of sp³-hybridized carbons (Fsp3) is 0. The van der Waals surface area contributed by atoms with Crippen molar-refractivity contribution >= 4 is 50.7 Å². The van der Waals surface area contributed by atoms with Gasteiger partial charge in [-0.2, -0.15) is 4.98 Å². The van der Waals surface area contributed by atoms with Crippen LogP contribution >= 0.6 is 50.7 Å². The van der Waals surface area contributed by atoms with E-state index >= 15 is 0 Å². The molecule has 1 aromatic rings. The van der Waals surface area contributed by atoms with Gasteiger partial charge in [-0.1, -0.05) is 12.8 Å². The van der Waals surface area contributed by atoms with Crippen LogP contribution in [0.4, 0.5) is 0 Å². The Morgan fingerprint density at radius 2 is 1.82 bits per heavy atom. The molecule has 0 aromatic carbocycles. The molecule has 0 N–H and O–H groups in total. The molecule has 1 rings (SSSR count). The van der Waals surface area contributed by atoms with E-state index in [-0.39, 0.29) is 5.03 Å². The Morgan fingerprint density at radius 1 is 1.27 bits per heavy atom. The lowest BCUT2D eigenvalue weighted by atomic mass is 10.7. The molecular weight excluding hydrogens is 220 g/mol. The maximum Gasteiger partial charge on any atom is 0.359 e. The van der Waals surface area contributed by atoms with E-state index in [4.69, 9.17) is 0 Å². The predicted octanol–water partition coefficient (Wildman–Crippen LogP) is 0.802. The van der Waals surface area contributed by atoms with Gasteiger partial charge in [0.25, 0.3) is 0 Å². The zero-order valence-corrected chi connectivity index (χ0v) is 8.67. The first kappa shape index (κ1) is 9.37. The maximum atomic E-state index is 10.9. The summed E-state index contributed by atoms with van der Waals surface area (Å²) in [6.07, 6.45) is 0. The molecule has 1 heterocycles. The van der Waals surface area contributed by atoms with Gasteiger partial charge in [-0.25, -0.2) is 8.77 Å². The van der Waals surface area contributed by atoms with Crippen LogP contribution < -0.4 is 5.69 Å². The largest absolute Gasteiger partial charge is 0.359 e. The maximum absolute atomic E-state index is 10.9. The molecule has 0 fully saturated rings. The van der Waals surface area contributed by atoms with Crippen LogP contribution in [0.5, 0.6) is 0 Å². The predicted molar refractivity (Wildman–Crippen MR) is 54.6 cm³/mol. The molecule has 0 aliphatic heterocycles. The van der Waals surface area contributed by atoms with Crippen LogP contribution in [-0.2, 0) is 0 Å². The van der Waals surface area contributed by atoms with Gasteiger partial charge in [-0.05, 0) is 0 Å². The lowest BCUT2D eigenvalue weighted by molar-refractivity contribution is 0.799. The summed E-state index contributed by atoms with van der Waals surface area (Å²) >= 11 is 15.7. The molecule has 11 heavy (non-hydrogen) atoms. The van der Waals surface area contributed by atoms with Crippen molar-refractivity contribution in [3.05, 3.63) is 10.5 Å². The van der Waals surface area contributed by atoms with E-state index in [1.807, 2.05) is 0 Å². The monoisotopic (exact) mass is 224 g/mol. The molecule has 0 radical (unpaired) electrons. The fourth-order valence-electron chi connectivity index (χ4n) is 0.482. The van der Waals surface area contributed by atoms with E-state index in [1.54, 1.807) is 0 Å². The molecule has 0 saturated heterocycles. The number of thiol groups is 4. The molecule has 0 aliphatic rings. The zero-order chi connectivity index (χ0) is 8.59. The Labute approximate surface area is 85.0 Å². The first-order valence-electron chi connectivity index (χ1n) is 2.47. The van der Waals surface area contributed by atoms with Crippen LogP contribution in [0.25, 0.3) is 0 Å². The van der Waals surface area contributed by atoms with Gasteiger partial charge in [0.15, 0.2) is 0 Å². The first-order chi connectivity index (χ1) is 5.04. The first-order valence-corrected chi connectivity index (χ1v) is 4.21. The van der Waals surface area contributed by atoms with E-state index in [0.717, 1.165) is 3.97 Å². The van der Waals surface area contributed by atoms with Gasteiger partial charge < -0.3 is 0 Å². The Bertz CT molecular complexity index is 347. The molecule has 0 aliphatic carbocycles.